The van der Waals surface area contributed by atoms with Crippen LogP contribution in [-0.4, -0.2) is 43.6 Å². The molecule has 0 saturated heterocycles. The van der Waals surface area contributed by atoms with Crippen molar-refractivity contribution in [3.8, 4) is 16.9 Å². The van der Waals surface area contributed by atoms with Crippen LogP contribution in [0.2, 0.25) is 0 Å². The first kappa shape index (κ1) is 25.6. The molecule has 11 heteroatoms. The summed E-state index contributed by atoms with van der Waals surface area (Å²) in [6.07, 6.45) is 4.70. The summed E-state index contributed by atoms with van der Waals surface area (Å²) < 4.78 is 38.1. The molecule has 2 N–H and O–H groups in total. The molecule has 0 amide bonds. The predicted octanol–water partition coefficient (Wildman–Crippen LogP) is 5.03. The molecule has 0 radical (unpaired) electrons. The molecule has 196 valence electrons. The van der Waals surface area contributed by atoms with Gasteiger partial charge in [-0.25, -0.2) is 18.2 Å². The monoisotopic (exact) mass is 541 g/mol. The minimum absolute atomic E-state index is 0.161. The molecule has 0 fully saturated rings. The summed E-state index contributed by atoms with van der Waals surface area (Å²) in [5.41, 5.74) is 4.07. The first-order valence-electron chi connectivity index (χ1n) is 11.7. The Hall–Kier alpha value is -5.03. The minimum Gasteiger partial charge on any atom is -0.496 e. The van der Waals surface area contributed by atoms with Crippen LogP contribution in [-0.2, 0) is 14.8 Å². The standard InChI is InChI=1S/C28H23N5O5S/c1-37-26-14-20(9-10-23(26)28(34)38-2)31-27-17-30-24-11-8-18(13-25(24)32-27)19-12-21(16-29-15-19)33-39(35,36)22-6-4-3-5-7-22/h3-17,33H,1-2H3,(H,31,32). The molecule has 0 spiro atoms. The highest BCUT2D eigenvalue weighted by Gasteiger charge is 2.15. The summed E-state index contributed by atoms with van der Waals surface area (Å²) in [6, 6.07) is 20.4. The van der Waals surface area contributed by atoms with E-state index in [4.69, 9.17) is 9.47 Å². The molecule has 0 aliphatic carbocycles. The Labute approximate surface area is 224 Å². The van der Waals surface area contributed by atoms with Crippen molar-refractivity contribution in [1.82, 2.24) is 15.0 Å². The van der Waals surface area contributed by atoms with E-state index in [1.807, 2.05) is 18.2 Å². The Morgan fingerprint density at radius 2 is 1.64 bits per heavy atom. The highest BCUT2D eigenvalue weighted by molar-refractivity contribution is 7.92. The zero-order chi connectivity index (χ0) is 27.4. The molecule has 0 saturated carbocycles. The van der Waals surface area contributed by atoms with Crippen molar-refractivity contribution < 1.29 is 22.7 Å². The third-order valence-electron chi connectivity index (χ3n) is 5.80. The van der Waals surface area contributed by atoms with Crippen LogP contribution in [0.25, 0.3) is 22.2 Å². The van der Waals surface area contributed by atoms with Gasteiger partial charge in [-0.3, -0.25) is 14.7 Å². The highest BCUT2D eigenvalue weighted by Crippen LogP contribution is 2.28. The second-order valence-electron chi connectivity index (χ2n) is 8.37. The Kier molecular flexibility index (Phi) is 7.06. The van der Waals surface area contributed by atoms with Crippen LogP contribution in [0, 0.1) is 0 Å². The van der Waals surface area contributed by atoms with Gasteiger partial charge in [0, 0.05) is 23.5 Å². The van der Waals surface area contributed by atoms with E-state index in [2.05, 4.69) is 25.0 Å². The van der Waals surface area contributed by atoms with Gasteiger partial charge in [0.2, 0.25) is 0 Å². The van der Waals surface area contributed by atoms with E-state index in [1.165, 1.54) is 32.5 Å². The number of methoxy groups -OCH3 is 2. The van der Waals surface area contributed by atoms with E-state index >= 15 is 0 Å². The first-order chi connectivity index (χ1) is 18.9. The number of anilines is 3. The maximum atomic E-state index is 12.7. The number of hydrogen-bond donors (Lipinski definition) is 2. The van der Waals surface area contributed by atoms with Gasteiger partial charge in [-0.1, -0.05) is 24.3 Å². The van der Waals surface area contributed by atoms with Crippen molar-refractivity contribution >= 4 is 44.2 Å². The number of carbonyl (C=O) groups excluding carboxylic acids is 1. The predicted molar refractivity (Wildman–Crippen MR) is 148 cm³/mol. The highest BCUT2D eigenvalue weighted by atomic mass is 32.2. The molecule has 2 heterocycles. The van der Waals surface area contributed by atoms with E-state index in [0.29, 0.717) is 45.1 Å². The van der Waals surface area contributed by atoms with Gasteiger partial charge in [0.05, 0.1) is 48.2 Å². The summed E-state index contributed by atoms with van der Waals surface area (Å²) >= 11 is 0. The lowest BCUT2D eigenvalue weighted by atomic mass is 10.1. The van der Waals surface area contributed by atoms with E-state index in [1.54, 1.807) is 54.9 Å². The van der Waals surface area contributed by atoms with Crippen molar-refractivity contribution in [1.29, 1.82) is 0 Å². The topological polar surface area (TPSA) is 132 Å². The van der Waals surface area contributed by atoms with Crippen LogP contribution in [0.3, 0.4) is 0 Å². The molecule has 10 nitrogen and oxygen atoms in total. The number of benzene rings is 3. The molecule has 0 bridgehead atoms. The Balaban J connectivity index is 1.41. The van der Waals surface area contributed by atoms with Crippen LogP contribution in [0.4, 0.5) is 17.2 Å². The molecule has 0 atom stereocenters. The maximum absolute atomic E-state index is 12.7. The Morgan fingerprint density at radius 3 is 2.41 bits per heavy atom. The van der Waals surface area contributed by atoms with Gasteiger partial charge >= 0.3 is 5.97 Å². The van der Waals surface area contributed by atoms with Crippen molar-refractivity contribution in [2.75, 3.05) is 24.3 Å². The number of hydrogen-bond acceptors (Lipinski definition) is 9. The number of fused-ring (bicyclic) bond motifs is 1. The number of ether oxygens (including phenoxy) is 2. The Morgan fingerprint density at radius 1 is 0.821 bits per heavy atom. The van der Waals surface area contributed by atoms with Crippen LogP contribution in [0.15, 0.2) is 96.3 Å². The van der Waals surface area contributed by atoms with Crippen LogP contribution in [0.1, 0.15) is 10.4 Å². The third-order valence-corrected chi connectivity index (χ3v) is 7.20. The first-order valence-corrected chi connectivity index (χ1v) is 13.2. The number of carbonyl (C=O) groups is 1. The average Bonchev–Trinajstić information content (AvgIpc) is 2.96. The molecule has 2 aromatic heterocycles. The number of esters is 1. The zero-order valence-electron chi connectivity index (χ0n) is 21.0. The average molecular weight is 542 g/mol. The largest absolute Gasteiger partial charge is 0.496 e. The van der Waals surface area contributed by atoms with Crippen molar-refractivity contribution in [3.05, 3.63) is 97.0 Å². The number of pyridine rings is 1. The van der Waals surface area contributed by atoms with Crippen LogP contribution in [0.5, 0.6) is 5.75 Å². The molecule has 0 aliphatic heterocycles. The lowest BCUT2D eigenvalue weighted by Gasteiger charge is -2.11. The van der Waals surface area contributed by atoms with Gasteiger partial charge in [-0.05, 0) is 48.0 Å². The number of rotatable bonds is 8. The van der Waals surface area contributed by atoms with E-state index in [0.717, 1.165) is 5.56 Å². The summed E-state index contributed by atoms with van der Waals surface area (Å²) in [5, 5.41) is 3.17. The van der Waals surface area contributed by atoms with Crippen molar-refractivity contribution in [3.63, 3.8) is 0 Å². The van der Waals surface area contributed by atoms with E-state index in [-0.39, 0.29) is 4.90 Å². The number of sulfonamides is 1. The smallest absolute Gasteiger partial charge is 0.341 e. The fourth-order valence-corrected chi connectivity index (χ4v) is 4.97. The van der Waals surface area contributed by atoms with E-state index in [9.17, 15) is 13.2 Å². The maximum Gasteiger partial charge on any atom is 0.341 e. The molecule has 5 rings (SSSR count). The van der Waals surface area contributed by atoms with Crippen molar-refractivity contribution in [2.24, 2.45) is 0 Å². The van der Waals surface area contributed by atoms with Gasteiger partial charge in [0.25, 0.3) is 10.0 Å². The normalized spacial score (nSPS) is 11.1. The molecular formula is C28H23N5O5S. The molecule has 0 aliphatic rings. The summed E-state index contributed by atoms with van der Waals surface area (Å²) in [6.45, 7) is 0. The Bertz CT molecular complexity index is 1780. The lowest BCUT2D eigenvalue weighted by molar-refractivity contribution is 0.0597. The number of nitrogens with one attached hydrogen (secondary N) is 2. The van der Waals surface area contributed by atoms with Crippen LogP contribution >= 0.6 is 0 Å². The number of nitrogens with zero attached hydrogens (tertiary/aromatic N) is 3. The SMILES string of the molecule is COC(=O)c1ccc(Nc2cnc3ccc(-c4cncc(NS(=O)(=O)c5ccccc5)c4)cc3n2)cc1OC. The third kappa shape index (κ3) is 5.63. The van der Waals surface area contributed by atoms with Gasteiger partial charge in [0.15, 0.2) is 0 Å². The fourth-order valence-electron chi connectivity index (χ4n) is 3.91. The van der Waals surface area contributed by atoms with Gasteiger partial charge in [-0.15, -0.1) is 0 Å². The fraction of sp³-hybridized carbons (Fsp3) is 0.0714. The second-order valence-corrected chi connectivity index (χ2v) is 10.1. The van der Waals surface area contributed by atoms with Gasteiger partial charge < -0.3 is 14.8 Å². The minimum atomic E-state index is -3.75. The molecule has 0 unspecified atom stereocenters. The number of aromatic nitrogens is 3. The molecular weight excluding hydrogens is 518 g/mol. The lowest BCUT2D eigenvalue weighted by Crippen LogP contribution is -2.12. The molecule has 5 aromatic rings. The van der Waals surface area contributed by atoms with Crippen LogP contribution < -0.4 is 14.8 Å². The molecule has 3 aromatic carbocycles. The van der Waals surface area contributed by atoms with Gasteiger partial charge in [-0.2, -0.15) is 0 Å². The zero-order valence-corrected chi connectivity index (χ0v) is 21.8. The second kappa shape index (κ2) is 10.8. The molecule has 39 heavy (non-hydrogen) atoms. The quantitative estimate of drug-likeness (QED) is 0.260. The summed E-state index contributed by atoms with van der Waals surface area (Å²) in [5.74, 6) is 0.344. The summed E-state index contributed by atoms with van der Waals surface area (Å²) in [4.78, 5) is 25.4. The van der Waals surface area contributed by atoms with Crippen molar-refractivity contribution in [2.45, 2.75) is 4.90 Å². The summed E-state index contributed by atoms with van der Waals surface area (Å²) in [7, 11) is -0.972. The van der Waals surface area contributed by atoms with Gasteiger partial charge in [0.1, 0.15) is 17.1 Å². The van der Waals surface area contributed by atoms with E-state index < -0.39 is 16.0 Å².